The number of cyclic esters (lactones) is 1. The lowest BCUT2D eigenvalue weighted by atomic mass is 9.34. The van der Waals surface area contributed by atoms with Crippen LogP contribution in [0.4, 0.5) is 0 Å². The topological polar surface area (TPSA) is 186 Å². The average Bonchev–Trinajstić information content (AvgIpc) is 3.74. The van der Waals surface area contributed by atoms with Crippen molar-refractivity contribution in [3.05, 3.63) is 35.8 Å². The van der Waals surface area contributed by atoms with Gasteiger partial charge in [-0.1, -0.05) is 13.8 Å². The summed E-state index contributed by atoms with van der Waals surface area (Å²) in [6.45, 7) is 9.21. The number of carbonyl (C=O) groups is 4. The predicted molar refractivity (Wildman–Crippen MR) is 151 cm³/mol. The van der Waals surface area contributed by atoms with Crippen molar-refractivity contribution in [1.82, 2.24) is 0 Å². The molecular formula is C33H38O14. The van der Waals surface area contributed by atoms with E-state index in [0.29, 0.717) is 5.56 Å². The Kier molecular flexibility index (Phi) is 5.70. The third-order valence-corrected chi connectivity index (χ3v) is 13.1. The summed E-state index contributed by atoms with van der Waals surface area (Å²) in [5.74, 6) is -5.40. The first kappa shape index (κ1) is 31.0. The summed E-state index contributed by atoms with van der Waals surface area (Å²) >= 11 is 0. The van der Waals surface area contributed by atoms with Crippen LogP contribution in [0.2, 0.25) is 0 Å². The van der Waals surface area contributed by atoms with Crippen LogP contribution >= 0.6 is 0 Å². The number of esters is 4. The summed E-state index contributed by atoms with van der Waals surface area (Å²) < 4.78 is 48.7. The van der Waals surface area contributed by atoms with E-state index in [-0.39, 0.29) is 24.8 Å². The monoisotopic (exact) mass is 658 g/mol. The number of aliphatic hydroxyl groups is 2. The second kappa shape index (κ2) is 8.64. The second-order valence-corrected chi connectivity index (χ2v) is 15.0. The van der Waals surface area contributed by atoms with Crippen molar-refractivity contribution >= 4 is 23.9 Å². The Morgan fingerprint density at radius 3 is 2.36 bits per heavy atom. The molecule has 1 aromatic rings. The van der Waals surface area contributed by atoms with Gasteiger partial charge in [-0.2, -0.15) is 0 Å². The van der Waals surface area contributed by atoms with Gasteiger partial charge in [0.1, 0.15) is 35.6 Å². The number of fused-ring (bicyclic) bond motifs is 4. The molecule has 4 saturated carbocycles. The average molecular weight is 659 g/mol. The fourth-order valence-electron chi connectivity index (χ4n) is 11.7. The van der Waals surface area contributed by atoms with Crippen molar-refractivity contribution in [3.8, 4) is 0 Å². The van der Waals surface area contributed by atoms with E-state index in [9.17, 15) is 29.4 Å². The molecule has 8 rings (SSSR count). The quantitative estimate of drug-likeness (QED) is 0.344. The molecule has 7 aliphatic rings. The molecule has 3 aliphatic heterocycles. The maximum atomic E-state index is 13.6. The molecule has 0 aromatic carbocycles. The first-order valence-electron chi connectivity index (χ1n) is 15.7. The van der Waals surface area contributed by atoms with Gasteiger partial charge in [0.15, 0.2) is 11.2 Å². The molecule has 2 N–H and O–H groups in total. The van der Waals surface area contributed by atoms with Gasteiger partial charge in [-0.15, -0.1) is 0 Å². The minimum absolute atomic E-state index is 0.112. The molecule has 14 heteroatoms. The zero-order chi connectivity index (χ0) is 34.0. The molecule has 0 radical (unpaired) electrons. The summed E-state index contributed by atoms with van der Waals surface area (Å²) in [5, 5.41) is 26.4. The van der Waals surface area contributed by atoms with E-state index < -0.39 is 98.8 Å². The number of methoxy groups -OCH3 is 1. The van der Waals surface area contributed by atoms with Crippen LogP contribution in [0, 0.1) is 22.2 Å². The highest BCUT2D eigenvalue weighted by Crippen LogP contribution is 2.88. The lowest BCUT2D eigenvalue weighted by molar-refractivity contribution is -0.446. The molecule has 2 saturated heterocycles. The molecule has 1 unspecified atom stereocenters. The number of hydrogen-bond donors (Lipinski definition) is 2. The van der Waals surface area contributed by atoms with Crippen molar-refractivity contribution in [2.75, 3.05) is 7.11 Å². The van der Waals surface area contributed by atoms with Crippen LogP contribution in [-0.2, 0) is 52.3 Å². The fraction of sp³-hybridized carbons (Fsp3) is 0.697. The zero-order valence-corrected chi connectivity index (χ0v) is 27.1. The lowest BCUT2D eigenvalue weighted by Gasteiger charge is -2.76. The molecule has 1 aromatic heterocycles. The first-order chi connectivity index (χ1) is 21.8. The van der Waals surface area contributed by atoms with Crippen molar-refractivity contribution in [3.63, 3.8) is 0 Å². The highest BCUT2D eigenvalue weighted by molar-refractivity contribution is 5.86. The van der Waals surface area contributed by atoms with Crippen molar-refractivity contribution in [2.45, 2.75) is 114 Å². The standard InChI is InChI=1S/C33H38O14/c1-15(34)42-20-12-31-28(5)18(10-21(36)40-7)26(3)14-30(28,38)32(39,24(26)43-16(2)35)25-33(31,47-29(6,45-25)46-31)19-11-22(37)44-23(27(19,20)4)17-8-9-41-13-17/h8-9,11,13,18,20,23-25,38-39H,10,12,14H2,1-7H3/t18-,20-,23-,24-,25+,26-,27-,28+,29-,30+,31-,32?,33+/m1/s1. The highest BCUT2D eigenvalue weighted by atomic mass is 16.9. The minimum atomic E-state index is -2.34. The van der Waals surface area contributed by atoms with Gasteiger partial charge in [0, 0.05) is 56.1 Å². The SMILES string of the molecule is COC(=O)C[C@@H]1[C@@]2(C)C[C@@]3(O)C(O)([C@@H]2OC(C)=O)[C@@H]2O[C@]4(C)O[C@]5(C[C@@H](OC(C)=O)[C@@]6(C)C(=CC(=O)O[C@@H]6c6ccoc6)[C@]25O4)[C@@]13C. The maximum absolute atomic E-state index is 13.6. The summed E-state index contributed by atoms with van der Waals surface area (Å²) in [5.41, 5.74) is -11.5. The summed E-state index contributed by atoms with van der Waals surface area (Å²) in [7, 11) is 1.24. The molecule has 47 heavy (non-hydrogen) atoms. The molecule has 14 nitrogen and oxygen atoms in total. The van der Waals surface area contributed by atoms with E-state index in [1.165, 1.54) is 46.5 Å². The van der Waals surface area contributed by atoms with Gasteiger partial charge in [-0.05, 0) is 30.9 Å². The van der Waals surface area contributed by atoms with Gasteiger partial charge in [0.25, 0.3) is 5.97 Å². The lowest BCUT2D eigenvalue weighted by Crippen LogP contribution is -2.93. The van der Waals surface area contributed by atoms with E-state index in [0.717, 1.165) is 0 Å². The van der Waals surface area contributed by atoms with Crippen molar-refractivity contribution in [2.24, 2.45) is 22.2 Å². The molecule has 0 amide bonds. The van der Waals surface area contributed by atoms with Gasteiger partial charge in [0.2, 0.25) is 0 Å². The molecule has 4 aliphatic carbocycles. The number of furan rings is 1. The van der Waals surface area contributed by atoms with E-state index >= 15 is 0 Å². The van der Waals surface area contributed by atoms with Crippen LogP contribution in [0.25, 0.3) is 0 Å². The maximum Gasteiger partial charge on any atom is 0.331 e. The number of carbonyl (C=O) groups excluding carboxylic acids is 4. The normalized spacial score (nSPS) is 52.7. The molecule has 6 fully saturated rings. The zero-order valence-electron chi connectivity index (χ0n) is 27.1. The molecule has 13 atom stereocenters. The largest absolute Gasteiger partial charge is 0.472 e. The van der Waals surface area contributed by atoms with Gasteiger partial charge >= 0.3 is 23.9 Å². The van der Waals surface area contributed by atoms with E-state index in [4.69, 9.17) is 37.6 Å². The Labute approximate surface area is 269 Å². The van der Waals surface area contributed by atoms with Gasteiger partial charge < -0.3 is 47.8 Å². The number of ether oxygens (including phenoxy) is 7. The van der Waals surface area contributed by atoms with E-state index in [2.05, 4.69) is 0 Å². The van der Waals surface area contributed by atoms with Crippen molar-refractivity contribution in [1.29, 1.82) is 0 Å². The van der Waals surface area contributed by atoms with Crippen LogP contribution in [0.1, 0.15) is 72.5 Å². The second-order valence-electron chi connectivity index (χ2n) is 15.0. The molecule has 1 spiro atoms. The molecule has 4 bridgehead atoms. The van der Waals surface area contributed by atoms with E-state index in [1.807, 2.05) is 0 Å². The Balaban J connectivity index is 1.47. The number of rotatable bonds is 5. The predicted octanol–water partition coefficient (Wildman–Crippen LogP) is 1.76. The van der Waals surface area contributed by atoms with Gasteiger partial charge in [-0.3, -0.25) is 14.4 Å². The highest BCUT2D eigenvalue weighted by Gasteiger charge is 3.02. The van der Waals surface area contributed by atoms with Crippen LogP contribution < -0.4 is 0 Å². The third-order valence-electron chi connectivity index (χ3n) is 13.1. The molecule has 4 heterocycles. The Bertz CT molecular complexity index is 1670. The Morgan fingerprint density at radius 1 is 1.04 bits per heavy atom. The van der Waals surface area contributed by atoms with E-state index in [1.54, 1.807) is 26.8 Å². The van der Waals surface area contributed by atoms with Crippen molar-refractivity contribution < 1.29 is 67.0 Å². The molecular weight excluding hydrogens is 620 g/mol. The first-order valence-corrected chi connectivity index (χ1v) is 15.7. The Hall–Kier alpha value is -3.30. The fourth-order valence-corrected chi connectivity index (χ4v) is 11.7. The third kappa shape index (κ3) is 2.99. The van der Waals surface area contributed by atoms with Crippen LogP contribution in [0.5, 0.6) is 0 Å². The summed E-state index contributed by atoms with van der Waals surface area (Å²) in [6, 6.07) is 1.63. The van der Waals surface area contributed by atoms with Crippen LogP contribution in [-0.4, -0.2) is 87.9 Å². The Morgan fingerprint density at radius 2 is 1.74 bits per heavy atom. The van der Waals surface area contributed by atoms with Gasteiger partial charge in [-0.25, -0.2) is 4.79 Å². The molecule has 254 valence electrons. The smallest absolute Gasteiger partial charge is 0.331 e. The number of hydrogen-bond acceptors (Lipinski definition) is 14. The van der Waals surface area contributed by atoms with Crippen LogP contribution in [0.15, 0.2) is 34.7 Å². The van der Waals surface area contributed by atoms with Gasteiger partial charge in [0.05, 0.1) is 25.1 Å². The van der Waals surface area contributed by atoms with Crippen LogP contribution in [0.3, 0.4) is 0 Å². The summed E-state index contributed by atoms with van der Waals surface area (Å²) in [4.78, 5) is 52.3. The summed E-state index contributed by atoms with van der Waals surface area (Å²) in [6.07, 6.45) is -1.37. The minimum Gasteiger partial charge on any atom is -0.472 e.